The topological polar surface area (TPSA) is 50.9 Å². The molecular weight excluding hydrogens is 226 g/mol. The molecule has 0 spiro atoms. The Hall–Kier alpha value is -1.71. The smallest absolute Gasteiger partial charge is 0.282 e. The van der Waals surface area contributed by atoms with E-state index in [4.69, 9.17) is 10.5 Å². The van der Waals surface area contributed by atoms with Crippen LogP contribution in [0.15, 0.2) is 29.3 Å². The van der Waals surface area contributed by atoms with Crippen LogP contribution in [-0.4, -0.2) is 31.3 Å². The van der Waals surface area contributed by atoms with Gasteiger partial charge in [-0.05, 0) is 32.9 Å². The molecule has 0 aromatic heterocycles. The Morgan fingerprint density at radius 3 is 2.56 bits per heavy atom. The van der Waals surface area contributed by atoms with Gasteiger partial charge in [-0.15, -0.1) is 0 Å². The van der Waals surface area contributed by atoms with Crippen LogP contribution in [0, 0.1) is 6.92 Å². The summed E-state index contributed by atoms with van der Waals surface area (Å²) in [6, 6.07) is 9.43. The minimum Gasteiger partial charge on any atom is -0.463 e. The van der Waals surface area contributed by atoms with Crippen LogP contribution in [0.25, 0.3) is 0 Å². The quantitative estimate of drug-likeness (QED) is 0.884. The lowest BCUT2D eigenvalue weighted by Gasteiger charge is -2.30. The maximum absolute atomic E-state index is 5.54. The molecule has 0 aliphatic carbocycles. The minimum atomic E-state index is 0.133. The number of anilines is 1. The molecule has 1 aliphatic rings. The SMILES string of the molecule is Cc1ccc(N(CC2COC(N)=N2)C(C)C)cc1. The number of hydrogen-bond acceptors (Lipinski definition) is 4. The zero-order valence-electron chi connectivity index (χ0n) is 11.3. The predicted octanol–water partition coefficient (Wildman–Crippen LogP) is 1.92. The predicted molar refractivity (Wildman–Crippen MR) is 75.0 cm³/mol. The van der Waals surface area contributed by atoms with Crippen LogP contribution in [0.5, 0.6) is 0 Å². The monoisotopic (exact) mass is 247 g/mol. The van der Waals surface area contributed by atoms with Gasteiger partial charge in [-0.25, -0.2) is 4.99 Å². The highest BCUT2D eigenvalue weighted by molar-refractivity contribution is 5.73. The van der Waals surface area contributed by atoms with Crippen LogP contribution in [-0.2, 0) is 4.74 Å². The Bertz CT molecular complexity index is 425. The zero-order valence-corrected chi connectivity index (χ0v) is 11.3. The Kier molecular flexibility index (Phi) is 3.75. The van der Waals surface area contributed by atoms with Gasteiger partial charge in [-0.3, -0.25) is 0 Å². The molecule has 1 atom stereocenters. The fourth-order valence-electron chi connectivity index (χ4n) is 2.11. The average molecular weight is 247 g/mol. The number of hydrogen-bond donors (Lipinski definition) is 1. The molecule has 0 saturated carbocycles. The van der Waals surface area contributed by atoms with Gasteiger partial charge in [0.15, 0.2) is 0 Å². The van der Waals surface area contributed by atoms with Crippen LogP contribution < -0.4 is 10.6 Å². The van der Waals surface area contributed by atoms with Crippen molar-refractivity contribution in [2.45, 2.75) is 32.9 Å². The van der Waals surface area contributed by atoms with Crippen molar-refractivity contribution in [3.8, 4) is 0 Å². The van der Waals surface area contributed by atoms with E-state index in [-0.39, 0.29) is 6.04 Å². The maximum Gasteiger partial charge on any atom is 0.282 e. The second-order valence-corrected chi connectivity index (χ2v) is 5.01. The van der Waals surface area contributed by atoms with Gasteiger partial charge in [-0.2, -0.15) is 0 Å². The molecule has 1 aliphatic heterocycles. The molecule has 98 valence electrons. The van der Waals surface area contributed by atoms with Crippen molar-refractivity contribution in [2.24, 2.45) is 10.7 Å². The van der Waals surface area contributed by atoms with Crippen molar-refractivity contribution in [2.75, 3.05) is 18.1 Å². The van der Waals surface area contributed by atoms with E-state index in [1.165, 1.54) is 11.3 Å². The van der Waals surface area contributed by atoms with Gasteiger partial charge in [0.25, 0.3) is 6.02 Å². The third-order valence-electron chi connectivity index (χ3n) is 3.13. The molecule has 1 heterocycles. The molecule has 1 aromatic carbocycles. The summed E-state index contributed by atoms with van der Waals surface area (Å²) in [6.07, 6.45) is 0. The van der Waals surface area contributed by atoms with Crippen LogP contribution in [0.4, 0.5) is 5.69 Å². The summed E-state index contributed by atoms with van der Waals surface area (Å²) < 4.78 is 5.20. The molecule has 1 aromatic rings. The van der Waals surface area contributed by atoms with Crippen LogP contribution in [0.3, 0.4) is 0 Å². The van der Waals surface area contributed by atoms with Gasteiger partial charge in [-0.1, -0.05) is 17.7 Å². The molecule has 4 heteroatoms. The summed E-state index contributed by atoms with van der Waals surface area (Å²) >= 11 is 0. The first-order valence-electron chi connectivity index (χ1n) is 6.35. The standard InChI is InChI=1S/C14H21N3O/c1-10(2)17(8-12-9-18-14(15)16-12)13-6-4-11(3)5-7-13/h4-7,10,12H,8-9H2,1-3H3,(H2,15,16). The number of aryl methyl sites for hydroxylation is 1. The fourth-order valence-corrected chi connectivity index (χ4v) is 2.11. The number of benzene rings is 1. The van der Waals surface area contributed by atoms with Gasteiger partial charge < -0.3 is 15.4 Å². The van der Waals surface area contributed by atoms with Crippen molar-refractivity contribution in [1.29, 1.82) is 0 Å². The molecule has 4 nitrogen and oxygen atoms in total. The number of nitrogens with two attached hydrogens (primary N) is 1. The second-order valence-electron chi connectivity index (χ2n) is 5.01. The van der Waals surface area contributed by atoms with Gasteiger partial charge in [0.05, 0.1) is 0 Å². The number of aliphatic imine (C=N–C) groups is 1. The summed E-state index contributed by atoms with van der Waals surface area (Å²) in [7, 11) is 0. The van der Waals surface area contributed by atoms with Crippen molar-refractivity contribution < 1.29 is 4.74 Å². The van der Waals surface area contributed by atoms with Gasteiger partial charge in [0, 0.05) is 18.3 Å². The van der Waals surface area contributed by atoms with Crippen LogP contribution in [0.1, 0.15) is 19.4 Å². The van der Waals surface area contributed by atoms with Crippen molar-refractivity contribution in [3.63, 3.8) is 0 Å². The lowest BCUT2D eigenvalue weighted by atomic mass is 10.1. The van der Waals surface area contributed by atoms with E-state index in [0.717, 1.165) is 6.54 Å². The van der Waals surface area contributed by atoms with Gasteiger partial charge >= 0.3 is 0 Å². The molecule has 0 amide bonds. The van der Waals surface area contributed by atoms with E-state index >= 15 is 0 Å². The van der Waals surface area contributed by atoms with E-state index in [0.29, 0.717) is 18.7 Å². The van der Waals surface area contributed by atoms with Crippen molar-refractivity contribution in [1.82, 2.24) is 0 Å². The van der Waals surface area contributed by atoms with Crippen molar-refractivity contribution >= 4 is 11.7 Å². The number of ether oxygens (including phenoxy) is 1. The molecule has 2 rings (SSSR count). The summed E-state index contributed by atoms with van der Waals surface area (Å²) in [5.74, 6) is 0. The molecule has 2 N–H and O–H groups in total. The van der Waals surface area contributed by atoms with E-state index in [9.17, 15) is 0 Å². The molecule has 0 radical (unpaired) electrons. The zero-order chi connectivity index (χ0) is 13.1. The van der Waals surface area contributed by atoms with Crippen LogP contribution >= 0.6 is 0 Å². The molecule has 0 fully saturated rings. The summed E-state index contributed by atoms with van der Waals surface area (Å²) in [5.41, 5.74) is 8.04. The molecule has 1 unspecified atom stereocenters. The minimum absolute atomic E-state index is 0.133. The maximum atomic E-state index is 5.54. The Morgan fingerprint density at radius 1 is 1.39 bits per heavy atom. The van der Waals surface area contributed by atoms with Gasteiger partial charge in [0.2, 0.25) is 0 Å². The highest BCUT2D eigenvalue weighted by atomic mass is 16.5. The van der Waals surface area contributed by atoms with Gasteiger partial charge in [0.1, 0.15) is 12.6 Å². The van der Waals surface area contributed by atoms with E-state index in [1.807, 2.05) is 0 Å². The van der Waals surface area contributed by atoms with E-state index < -0.39 is 0 Å². The first-order valence-corrected chi connectivity index (χ1v) is 6.35. The molecule has 0 bridgehead atoms. The lowest BCUT2D eigenvalue weighted by molar-refractivity contribution is 0.312. The summed E-state index contributed by atoms with van der Waals surface area (Å²) in [4.78, 5) is 6.61. The molecular formula is C14H21N3O. The fraction of sp³-hybridized carbons (Fsp3) is 0.500. The third kappa shape index (κ3) is 2.94. The number of nitrogens with zero attached hydrogens (tertiary/aromatic N) is 2. The molecule has 18 heavy (non-hydrogen) atoms. The largest absolute Gasteiger partial charge is 0.463 e. The highest BCUT2D eigenvalue weighted by Gasteiger charge is 2.21. The Morgan fingerprint density at radius 2 is 2.06 bits per heavy atom. The van der Waals surface area contributed by atoms with E-state index in [2.05, 4.69) is 54.9 Å². The Balaban J connectivity index is 2.11. The normalized spacial score (nSPS) is 18.7. The third-order valence-corrected chi connectivity index (χ3v) is 3.13. The first-order chi connectivity index (χ1) is 8.56. The van der Waals surface area contributed by atoms with Crippen LogP contribution in [0.2, 0.25) is 0 Å². The average Bonchev–Trinajstić information content (AvgIpc) is 2.73. The Labute approximate surface area is 108 Å². The second kappa shape index (κ2) is 5.29. The summed E-state index contributed by atoms with van der Waals surface area (Å²) in [5, 5.41) is 0. The van der Waals surface area contributed by atoms with Crippen molar-refractivity contribution in [3.05, 3.63) is 29.8 Å². The van der Waals surface area contributed by atoms with E-state index in [1.54, 1.807) is 0 Å². The first kappa shape index (κ1) is 12.7. The number of rotatable bonds is 4. The number of amidine groups is 1. The lowest BCUT2D eigenvalue weighted by Crippen LogP contribution is -2.37. The molecule has 0 saturated heterocycles. The highest BCUT2D eigenvalue weighted by Crippen LogP contribution is 2.19. The summed E-state index contributed by atoms with van der Waals surface area (Å²) in [6.45, 7) is 7.88.